The molecule has 0 spiro atoms. The molecule has 0 bridgehead atoms. The number of aryl methyl sites for hydroxylation is 1. The number of aliphatic hydroxyl groups is 1. The van der Waals surface area contributed by atoms with Crippen molar-refractivity contribution in [3.63, 3.8) is 0 Å². The first kappa shape index (κ1) is 20.2. The van der Waals surface area contributed by atoms with E-state index < -0.39 is 6.10 Å². The minimum Gasteiger partial charge on any atom is -0.497 e. The summed E-state index contributed by atoms with van der Waals surface area (Å²) in [6.45, 7) is 1.37. The van der Waals surface area contributed by atoms with Crippen molar-refractivity contribution in [2.75, 3.05) is 40.8 Å². The first-order chi connectivity index (χ1) is 12.4. The Morgan fingerprint density at radius 2 is 2.00 bits per heavy atom. The van der Waals surface area contributed by atoms with Gasteiger partial charge in [-0.3, -0.25) is 14.5 Å². The Morgan fingerprint density at radius 3 is 2.58 bits per heavy atom. The number of piperidine rings is 1. The SMILES string of the molecule is COc1ccc(CCC(=O)N[C@@H]2CCN(CC(=O)N(C)C)C[C@H]2O)cc1. The minimum absolute atomic E-state index is 0.0131. The van der Waals surface area contributed by atoms with Crippen LogP contribution in [0.25, 0.3) is 0 Å². The molecule has 0 aromatic heterocycles. The van der Waals surface area contributed by atoms with Gasteiger partial charge in [-0.25, -0.2) is 0 Å². The minimum atomic E-state index is -0.663. The van der Waals surface area contributed by atoms with Crippen LogP contribution in [0, 0.1) is 0 Å². The molecule has 2 rings (SSSR count). The normalized spacial score (nSPS) is 20.5. The first-order valence-electron chi connectivity index (χ1n) is 8.92. The van der Waals surface area contributed by atoms with Gasteiger partial charge in [-0.2, -0.15) is 0 Å². The number of likely N-dealkylation sites (N-methyl/N-ethyl adjacent to an activating group) is 1. The Morgan fingerprint density at radius 1 is 1.31 bits per heavy atom. The number of amides is 2. The van der Waals surface area contributed by atoms with Crippen LogP contribution in [0.1, 0.15) is 18.4 Å². The molecule has 1 aromatic carbocycles. The van der Waals surface area contributed by atoms with Gasteiger partial charge in [-0.15, -0.1) is 0 Å². The summed E-state index contributed by atoms with van der Waals surface area (Å²) in [6.07, 6.45) is 0.986. The number of nitrogens with one attached hydrogen (secondary N) is 1. The lowest BCUT2D eigenvalue weighted by atomic mass is 10.0. The number of β-amino-alcohol motifs (C(OH)–C–C–N with tert-alkyl or cyclic N) is 1. The van der Waals surface area contributed by atoms with E-state index in [0.717, 1.165) is 11.3 Å². The van der Waals surface area contributed by atoms with Gasteiger partial charge in [-0.05, 0) is 30.5 Å². The fraction of sp³-hybridized carbons (Fsp3) is 0.579. The summed E-state index contributed by atoms with van der Waals surface area (Å²) in [5, 5.41) is 13.2. The third kappa shape index (κ3) is 6.00. The van der Waals surface area contributed by atoms with Crippen LogP contribution >= 0.6 is 0 Å². The molecule has 0 radical (unpaired) electrons. The molecule has 0 saturated carbocycles. The molecule has 1 aliphatic rings. The summed E-state index contributed by atoms with van der Waals surface area (Å²) >= 11 is 0. The summed E-state index contributed by atoms with van der Waals surface area (Å²) in [5.74, 6) is 0.739. The Bertz CT molecular complexity index is 603. The van der Waals surface area contributed by atoms with E-state index in [1.54, 1.807) is 26.1 Å². The summed E-state index contributed by atoms with van der Waals surface area (Å²) in [4.78, 5) is 27.4. The van der Waals surface area contributed by atoms with Gasteiger partial charge in [0.2, 0.25) is 11.8 Å². The van der Waals surface area contributed by atoms with Crippen LogP contribution in [0.5, 0.6) is 5.75 Å². The molecule has 1 aromatic rings. The number of ether oxygens (including phenoxy) is 1. The van der Waals surface area contributed by atoms with Gasteiger partial charge in [0.25, 0.3) is 0 Å². The van der Waals surface area contributed by atoms with Crippen LogP contribution in [0.4, 0.5) is 0 Å². The van der Waals surface area contributed by atoms with Gasteiger partial charge in [-0.1, -0.05) is 12.1 Å². The number of benzene rings is 1. The number of likely N-dealkylation sites (tertiary alicyclic amines) is 1. The van der Waals surface area contributed by atoms with Crippen molar-refractivity contribution in [3.05, 3.63) is 29.8 Å². The first-order valence-corrected chi connectivity index (χ1v) is 8.92. The van der Waals surface area contributed by atoms with Crippen molar-refractivity contribution in [1.82, 2.24) is 15.1 Å². The smallest absolute Gasteiger partial charge is 0.236 e. The molecule has 1 saturated heterocycles. The van der Waals surface area contributed by atoms with Crippen LogP contribution in [0.15, 0.2) is 24.3 Å². The second-order valence-electron chi connectivity index (χ2n) is 6.90. The lowest BCUT2D eigenvalue weighted by molar-refractivity contribution is -0.131. The standard InChI is InChI=1S/C19H29N3O4/c1-21(2)19(25)13-22-11-10-16(17(23)12-22)20-18(24)9-6-14-4-7-15(26-3)8-5-14/h4-5,7-8,16-17,23H,6,9-13H2,1-3H3,(H,20,24)/t16-,17-/m1/s1. The van der Waals surface area contributed by atoms with Crippen LogP contribution < -0.4 is 10.1 Å². The number of nitrogens with zero attached hydrogens (tertiary/aromatic N) is 2. The fourth-order valence-corrected chi connectivity index (χ4v) is 2.97. The van der Waals surface area contributed by atoms with Crippen molar-refractivity contribution in [2.45, 2.75) is 31.4 Å². The summed E-state index contributed by atoms with van der Waals surface area (Å²) in [6, 6.07) is 7.38. The van der Waals surface area contributed by atoms with E-state index in [1.807, 2.05) is 29.2 Å². The molecule has 1 heterocycles. The Hall–Kier alpha value is -2.12. The van der Waals surface area contributed by atoms with E-state index in [1.165, 1.54) is 0 Å². The Kier molecular flexibility index (Phi) is 7.41. The maximum atomic E-state index is 12.2. The van der Waals surface area contributed by atoms with Crippen molar-refractivity contribution < 1.29 is 19.4 Å². The van der Waals surface area contributed by atoms with E-state index in [0.29, 0.717) is 38.9 Å². The van der Waals surface area contributed by atoms with Gasteiger partial charge in [0, 0.05) is 33.6 Å². The average molecular weight is 363 g/mol. The van der Waals surface area contributed by atoms with Crippen LogP contribution in [0.3, 0.4) is 0 Å². The average Bonchev–Trinajstić information content (AvgIpc) is 2.62. The highest BCUT2D eigenvalue weighted by atomic mass is 16.5. The molecule has 144 valence electrons. The van der Waals surface area contributed by atoms with Crippen LogP contribution in [-0.2, 0) is 16.0 Å². The molecule has 0 aliphatic carbocycles. The zero-order valence-electron chi connectivity index (χ0n) is 15.8. The van der Waals surface area contributed by atoms with Crippen LogP contribution in [0.2, 0.25) is 0 Å². The number of hydrogen-bond acceptors (Lipinski definition) is 5. The van der Waals surface area contributed by atoms with E-state index in [-0.39, 0.29) is 17.9 Å². The highest BCUT2D eigenvalue weighted by molar-refractivity contribution is 5.78. The molecule has 7 heteroatoms. The molecule has 2 N–H and O–H groups in total. The third-order valence-corrected chi connectivity index (χ3v) is 4.67. The summed E-state index contributed by atoms with van der Waals surface area (Å²) in [5.41, 5.74) is 1.07. The van der Waals surface area contributed by atoms with E-state index in [9.17, 15) is 14.7 Å². The largest absolute Gasteiger partial charge is 0.497 e. The van der Waals surface area contributed by atoms with Crippen LogP contribution in [-0.4, -0.2) is 79.7 Å². The topological polar surface area (TPSA) is 82.1 Å². The number of carbonyl (C=O) groups excluding carboxylic acids is 2. The molecule has 2 amide bonds. The van der Waals surface area contributed by atoms with Gasteiger partial charge in [0.05, 0.1) is 25.8 Å². The highest BCUT2D eigenvalue weighted by Crippen LogP contribution is 2.14. The maximum absolute atomic E-state index is 12.2. The summed E-state index contributed by atoms with van der Waals surface area (Å²) in [7, 11) is 5.05. The Balaban J connectivity index is 1.74. The van der Waals surface area contributed by atoms with Crippen molar-refractivity contribution in [3.8, 4) is 5.75 Å². The molecular weight excluding hydrogens is 334 g/mol. The fourth-order valence-electron chi connectivity index (χ4n) is 2.97. The highest BCUT2D eigenvalue weighted by Gasteiger charge is 2.29. The predicted molar refractivity (Wildman–Crippen MR) is 99.0 cm³/mol. The van der Waals surface area contributed by atoms with Crippen molar-refractivity contribution in [2.24, 2.45) is 0 Å². The van der Waals surface area contributed by atoms with Gasteiger partial charge < -0.3 is 20.1 Å². The Labute approximate surface area is 154 Å². The lowest BCUT2D eigenvalue weighted by Gasteiger charge is -2.36. The number of methoxy groups -OCH3 is 1. The predicted octanol–water partition coefficient (Wildman–Crippen LogP) is 0.267. The lowest BCUT2D eigenvalue weighted by Crippen LogP contribution is -2.55. The van der Waals surface area contributed by atoms with Gasteiger partial charge in [0.1, 0.15) is 5.75 Å². The van der Waals surface area contributed by atoms with Crippen molar-refractivity contribution >= 4 is 11.8 Å². The number of rotatable bonds is 7. The molecule has 1 fully saturated rings. The molecule has 1 aliphatic heterocycles. The van der Waals surface area contributed by atoms with Gasteiger partial charge in [0.15, 0.2) is 0 Å². The number of aliphatic hydroxyl groups excluding tert-OH is 1. The molecular formula is C19H29N3O4. The zero-order valence-corrected chi connectivity index (χ0v) is 15.8. The number of carbonyl (C=O) groups is 2. The molecule has 7 nitrogen and oxygen atoms in total. The second-order valence-corrected chi connectivity index (χ2v) is 6.90. The monoisotopic (exact) mass is 363 g/mol. The third-order valence-electron chi connectivity index (χ3n) is 4.67. The molecule has 0 unspecified atom stereocenters. The molecule has 26 heavy (non-hydrogen) atoms. The van der Waals surface area contributed by atoms with Crippen molar-refractivity contribution in [1.29, 1.82) is 0 Å². The quantitative estimate of drug-likeness (QED) is 0.727. The zero-order chi connectivity index (χ0) is 19.1. The molecule has 2 atom stereocenters. The summed E-state index contributed by atoms with van der Waals surface area (Å²) < 4.78 is 5.12. The second kappa shape index (κ2) is 9.54. The number of hydrogen-bond donors (Lipinski definition) is 2. The van der Waals surface area contributed by atoms with E-state index in [4.69, 9.17) is 4.74 Å². The maximum Gasteiger partial charge on any atom is 0.236 e. The van der Waals surface area contributed by atoms with E-state index in [2.05, 4.69) is 5.32 Å². The van der Waals surface area contributed by atoms with Gasteiger partial charge >= 0.3 is 0 Å². The van der Waals surface area contributed by atoms with E-state index >= 15 is 0 Å².